The van der Waals surface area contributed by atoms with Crippen molar-refractivity contribution in [3.63, 3.8) is 0 Å². The summed E-state index contributed by atoms with van der Waals surface area (Å²) in [6.07, 6.45) is 4.83. The van der Waals surface area contributed by atoms with Gasteiger partial charge in [-0.05, 0) is 18.4 Å². The zero-order valence-electron chi connectivity index (χ0n) is 13.6. The van der Waals surface area contributed by atoms with Crippen LogP contribution in [0.1, 0.15) is 18.9 Å². The Morgan fingerprint density at radius 1 is 1.36 bits per heavy atom. The number of amides is 1. The normalized spacial score (nSPS) is 26.5. The van der Waals surface area contributed by atoms with E-state index in [1.165, 1.54) is 0 Å². The van der Waals surface area contributed by atoms with Gasteiger partial charge >= 0.3 is 0 Å². The number of ether oxygens (including phenoxy) is 1. The first-order valence-corrected chi connectivity index (χ1v) is 8.26. The molecule has 2 saturated heterocycles. The van der Waals surface area contributed by atoms with E-state index >= 15 is 0 Å². The minimum atomic E-state index is 0.178. The van der Waals surface area contributed by atoms with Gasteiger partial charge in [-0.15, -0.1) is 0 Å². The number of rotatable bonds is 4. The molecule has 3 heterocycles. The van der Waals surface area contributed by atoms with Crippen LogP contribution < -0.4 is 0 Å². The molecule has 0 aliphatic carbocycles. The molecular weight excluding hydrogens is 280 g/mol. The van der Waals surface area contributed by atoms with E-state index in [9.17, 15) is 4.79 Å². The van der Waals surface area contributed by atoms with Crippen LogP contribution in [-0.2, 0) is 16.1 Å². The molecule has 6 heteroatoms. The van der Waals surface area contributed by atoms with Gasteiger partial charge < -0.3 is 9.64 Å². The van der Waals surface area contributed by atoms with E-state index in [4.69, 9.17) is 4.74 Å². The number of hydrogen-bond donors (Lipinski definition) is 0. The minimum absolute atomic E-state index is 0.178. The first-order valence-electron chi connectivity index (χ1n) is 8.26. The Morgan fingerprint density at radius 2 is 2.14 bits per heavy atom. The van der Waals surface area contributed by atoms with E-state index in [0.717, 1.165) is 51.4 Å². The maximum absolute atomic E-state index is 12.5. The molecular formula is C16H26N4O2. The van der Waals surface area contributed by atoms with Crippen LogP contribution in [-0.4, -0.2) is 70.9 Å². The van der Waals surface area contributed by atoms with Crippen molar-refractivity contribution in [2.24, 2.45) is 5.92 Å². The molecule has 2 aliphatic rings. The lowest BCUT2D eigenvalue weighted by Gasteiger charge is -2.34. The molecule has 0 unspecified atom stereocenters. The van der Waals surface area contributed by atoms with Crippen molar-refractivity contribution in [3.05, 3.63) is 18.0 Å². The average Bonchev–Trinajstić information content (AvgIpc) is 3.14. The summed E-state index contributed by atoms with van der Waals surface area (Å²) in [5.41, 5.74) is 1.09. The van der Waals surface area contributed by atoms with Crippen molar-refractivity contribution in [1.82, 2.24) is 19.6 Å². The highest BCUT2D eigenvalue weighted by Gasteiger charge is 2.37. The van der Waals surface area contributed by atoms with E-state index < -0.39 is 0 Å². The number of nitrogens with zero attached hydrogens (tertiary/aromatic N) is 4. The van der Waals surface area contributed by atoms with Crippen LogP contribution >= 0.6 is 0 Å². The van der Waals surface area contributed by atoms with Crippen LogP contribution in [0.5, 0.6) is 0 Å². The Bertz CT molecular complexity index is 510. The third-order valence-electron chi connectivity index (χ3n) is 4.86. The maximum Gasteiger partial charge on any atom is 0.244 e. The highest BCUT2D eigenvalue weighted by Crippen LogP contribution is 2.25. The smallest absolute Gasteiger partial charge is 0.244 e. The maximum atomic E-state index is 12.5. The number of hydrogen-bond acceptors (Lipinski definition) is 4. The zero-order chi connectivity index (χ0) is 15.5. The molecule has 2 atom stereocenters. The Labute approximate surface area is 132 Å². The first kappa shape index (κ1) is 15.5. The number of carbonyl (C=O) groups excluding carboxylic acids is 1. The largest absolute Gasteiger partial charge is 0.379 e. The molecule has 6 nitrogen and oxygen atoms in total. The molecule has 1 aromatic rings. The summed E-state index contributed by atoms with van der Waals surface area (Å²) in [6.45, 7) is 9.88. The van der Waals surface area contributed by atoms with Crippen molar-refractivity contribution in [3.8, 4) is 0 Å². The molecule has 2 aliphatic heterocycles. The third kappa shape index (κ3) is 3.33. The van der Waals surface area contributed by atoms with E-state index in [1.807, 2.05) is 18.0 Å². The van der Waals surface area contributed by atoms with Crippen molar-refractivity contribution in [1.29, 1.82) is 0 Å². The highest BCUT2D eigenvalue weighted by molar-refractivity contribution is 5.76. The quantitative estimate of drug-likeness (QED) is 0.824. The van der Waals surface area contributed by atoms with Crippen molar-refractivity contribution < 1.29 is 9.53 Å². The molecule has 22 heavy (non-hydrogen) atoms. The number of aromatic nitrogens is 2. The van der Waals surface area contributed by atoms with Crippen LogP contribution in [0.15, 0.2) is 12.4 Å². The lowest BCUT2D eigenvalue weighted by molar-refractivity contribution is -0.131. The van der Waals surface area contributed by atoms with Crippen LogP contribution in [0.3, 0.4) is 0 Å². The molecule has 0 N–H and O–H groups in total. The molecule has 1 amide bonds. The van der Waals surface area contributed by atoms with Gasteiger partial charge in [0.1, 0.15) is 6.54 Å². The van der Waals surface area contributed by atoms with Gasteiger partial charge in [-0.2, -0.15) is 5.10 Å². The second-order valence-electron chi connectivity index (χ2n) is 6.40. The summed E-state index contributed by atoms with van der Waals surface area (Å²) >= 11 is 0. The molecule has 0 bridgehead atoms. The van der Waals surface area contributed by atoms with Crippen LogP contribution in [0.4, 0.5) is 0 Å². The summed E-state index contributed by atoms with van der Waals surface area (Å²) in [5.74, 6) is 0.749. The van der Waals surface area contributed by atoms with Crippen LogP contribution in [0.2, 0.25) is 0 Å². The SMILES string of the molecule is CC[C@@H]1CN(C(=O)Cn2cc(C)cn2)C[C@@H]1N1CCOCC1. The second kappa shape index (κ2) is 6.79. The molecule has 1 aromatic heterocycles. The minimum Gasteiger partial charge on any atom is -0.379 e. The fourth-order valence-corrected chi connectivity index (χ4v) is 3.57. The fourth-order valence-electron chi connectivity index (χ4n) is 3.57. The fraction of sp³-hybridized carbons (Fsp3) is 0.750. The van der Waals surface area contributed by atoms with Gasteiger partial charge in [0.15, 0.2) is 0 Å². The monoisotopic (exact) mass is 306 g/mol. The van der Waals surface area contributed by atoms with Gasteiger partial charge in [-0.1, -0.05) is 13.3 Å². The lowest BCUT2D eigenvalue weighted by atomic mass is 9.99. The third-order valence-corrected chi connectivity index (χ3v) is 4.86. The van der Waals surface area contributed by atoms with E-state index in [1.54, 1.807) is 10.9 Å². The number of aryl methyl sites for hydroxylation is 1. The summed E-state index contributed by atoms with van der Waals surface area (Å²) < 4.78 is 7.19. The standard InChI is InChI=1S/C16H26N4O2/c1-3-14-10-19(11-15(14)18-4-6-22-7-5-18)16(21)12-20-9-13(2)8-17-20/h8-9,14-15H,3-7,10-12H2,1-2H3/t14-,15+/m1/s1. The van der Waals surface area contributed by atoms with E-state index in [0.29, 0.717) is 18.5 Å². The first-order chi connectivity index (χ1) is 10.7. The summed E-state index contributed by atoms with van der Waals surface area (Å²) in [7, 11) is 0. The topological polar surface area (TPSA) is 50.6 Å². The van der Waals surface area contributed by atoms with Crippen molar-refractivity contribution in [2.75, 3.05) is 39.4 Å². The summed E-state index contributed by atoms with van der Waals surface area (Å²) in [5, 5.41) is 4.22. The number of likely N-dealkylation sites (tertiary alicyclic amines) is 1. The summed E-state index contributed by atoms with van der Waals surface area (Å²) in [6, 6.07) is 0.484. The van der Waals surface area contributed by atoms with Crippen molar-refractivity contribution in [2.45, 2.75) is 32.9 Å². The molecule has 122 valence electrons. The Balaban J connectivity index is 1.61. The van der Waals surface area contributed by atoms with Gasteiger partial charge in [-0.3, -0.25) is 14.4 Å². The van der Waals surface area contributed by atoms with Crippen molar-refractivity contribution >= 4 is 5.91 Å². The predicted octanol–water partition coefficient (Wildman–Crippen LogP) is 0.761. The molecule has 0 saturated carbocycles. The highest BCUT2D eigenvalue weighted by atomic mass is 16.5. The molecule has 3 rings (SSSR count). The molecule has 0 radical (unpaired) electrons. The number of morpholine rings is 1. The molecule has 0 aromatic carbocycles. The second-order valence-corrected chi connectivity index (χ2v) is 6.40. The summed E-state index contributed by atoms with van der Waals surface area (Å²) in [4.78, 5) is 17.1. The van der Waals surface area contributed by atoms with Gasteiger partial charge in [-0.25, -0.2) is 0 Å². The molecule has 0 spiro atoms. The van der Waals surface area contributed by atoms with Gasteiger partial charge in [0, 0.05) is 38.4 Å². The van der Waals surface area contributed by atoms with E-state index in [2.05, 4.69) is 16.9 Å². The van der Waals surface area contributed by atoms with Gasteiger partial charge in [0.05, 0.1) is 19.4 Å². The van der Waals surface area contributed by atoms with E-state index in [-0.39, 0.29) is 5.91 Å². The Morgan fingerprint density at radius 3 is 2.77 bits per heavy atom. The molecule has 2 fully saturated rings. The Kier molecular flexibility index (Phi) is 4.78. The van der Waals surface area contributed by atoms with Gasteiger partial charge in [0.2, 0.25) is 5.91 Å². The van der Waals surface area contributed by atoms with Crippen LogP contribution in [0, 0.1) is 12.8 Å². The average molecular weight is 306 g/mol. The number of carbonyl (C=O) groups is 1. The lowest BCUT2D eigenvalue weighted by Crippen LogP contribution is -2.47. The van der Waals surface area contributed by atoms with Crippen LogP contribution in [0.25, 0.3) is 0 Å². The Hall–Kier alpha value is -1.40. The zero-order valence-corrected chi connectivity index (χ0v) is 13.6. The predicted molar refractivity (Wildman–Crippen MR) is 83.5 cm³/mol. The van der Waals surface area contributed by atoms with Gasteiger partial charge in [0.25, 0.3) is 0 Å².